The number of phenolic OH excluding ortho intramolecular Hbond substituents is 3. The molecule has 14 heteroatoms. The Morgan fingerprint density at radius 3 is 1.75 bits per heavy atom. The van der Waals surface area contributed by atoms with Crippen molar-refractivity contribution in [2.75, 3.05) is 13.2 Å². The Bertz CT molecular complexity index is 1450. The van der Waals surface area contributed by atoms with Gasteiger partial charge in [-0.3, -0.25) is 4.79 Å². The average molecular weight is 564 g/mol. The molecule has 2 fully saturated rings. The first kappa shape index (κ1) is 28.2. The van der Waals surface area contributed by atoms with Gasteiger partial charge in [0, 0.05) is 11.6 Å². The Hall–Kier alpha value is -3.31. The number of hydrogen-bond donors (Lipinski definition) is 10. The van der Waals surface area contributed by atoms with E-state index in [0.29, 0.717) is 5.56 Å². The van der Waals surface area contributed by atoms with Gasteiger partial charge in [0.05, 0.1) is 24.3 Å². The molecule has 0 amide bonds. The molecule has 10 N–H and O–H groups in total. The molecule has 2 aliphatic heterocycles. The molecule has 3 heterocycles. The molecule has 14 nitrogen and oxygen atoms in total. The fraction of sp³-hybridized carbons (Fsp3) is 0.423. The molecule has 0 bridgehead atoms. The van der Waals surface area contributed by atoms with E-state index in [2.05, 4.69) is 0 Å². The van der Waals surface area contributed by atoms with Crippen LogP contribution in [0.2, 0.25) is 0 Å². The molecular formula is C26H28O14. The fourth-order valence-electron chi connectivity index (χ4n) is 5.19. The van der Waals surface area contributed by atoms with Crippen LogP contribution in [0.3, 0.4) is 0 Å². The predicted octanol–water partition coefficient (Wildman–Crippen LogP) is -1.75. The number of phenols is 3. The highest BCUT2D eigenvalue weighted by Crippen LogP contribution is 2.51. The van der Waals surface area contributed by atoms with E-state index in [4.69, 9.17) is 13.9 Å². The first-order valence-corrected chi connectivity index (χ1v) is 12.3. The van der Waals surface area contributed by atoms with Crippen LogP contribution in [0.5, 0.6) is 17.2 Å². The summed E-state index contributed by atoms with van der Waals surface area (Å²) in [7, 11) is 0. The molecule has 3 aromatic rings. The van der Waals surface area contributed by atoms with Crippen molar-refractivity contribution in [2.24, 2.45) is 0 Å². The molecule has 40 heavy (non-hydrogen) atoms. The highest BCUT2D eigenvalue weighted by Gasteiger charge is 2.49. The van der Waals surface area contributed by atoms with Gasteiger partial charge >= 0.3 is 0 Å². The predicted molar refractivity (Wildman–Crippen MR) is 132 cm³/mol. The molecule has 0 unspecified atom stereocenters. The summed E-state index contributed by atoms with van der Waals surface area (Å²) in [6, 6.07) is 6.47. The van der Waals surface area contributed by atoms with Crippen molar-refractivity contribution in [2.45, 2.75) is 54.9 Å². The van der Waals surface area contributed by atoms with E-state index in [0.717, 1.165) is 6.07 Å². The SMILES string of the molecule is O=c1cc(-c2ccc(O)cc2)oc2c([C@@H]3O[C@H](CO)[C@@H](O)[C@H](O)[C@@H]3O)c(O)c([C@@H]3O[C@@H](CO)[C@H](O)[C@@H]3O)c(O)c12. The second kappa shape index (κ2) is 10.6. The summed E-state index contributed by atoms with van der Waals surface area (Å²) in [6.07, 6.45) is -15.3. The van der Waals surface area contributed by atoms with Crippen molar-refractivity contribution in [3.05, 3.63) is 51.7 Å². The van der Waals surface area contributed by atoms with Gasteiger partial charge < -0.3 is 65.0 Å². The van der Waals surface area contributed by atoms with Gasteiger partial charge in [-0.25, -0.2) is 0 Å². The summed E-state index contributed by atoms with van der Waals surface area (Å²) in [5, 5.41) is 103. The molecule has 216 valence electrons. The topological polar surface area (TPSA) is 251 Å². The maximum atomic E-state index is 13.4. The summed E-state index contributed by atoms with van der Waals surface area (Å²) in [5.74, 6) is -1.99. The second-order valence-corrected chi connectivity index (χ2v) is 9.76. The maximum absolute atomic E-state index is 13.4. The van der Waals surface area contributed by atoms with Gasteiger partial charge in [0.1, 0.15) is 83.3 Å². The maximum Gasteiger partial charge on any atom is 0.197 e. The van der Waals surface area contributed by atoms with E-state index in [-0.39, 0.29) is 11.5 Å². The number of rotatable bonds is 5. The molecule has 2 aromatic carbocycles. The molecule has 2 aliphatic rings. The van der Waals surface area contributed by atoms with Crippen molar-refractivity contribution in [3.63, 3.8) is 0 Å². The molecule has 5 rings (SSSR count). The minimum atomic E-state index is -1.96. The summed E-state index contributed by atoms with van der Waals surface area (Å²) in [4.78, 5) is 13.4. The highest BCUT2D eigenvalue weighted by atomic mass is 16.6. The molecule has 0 saturated carbocycles. The first-order chi connectivity index (χ1) is 19.0. The Balaban J connectivity index is 1.81. The number of ether oxygens (including phenoxy) is 2. The fourth-order valence-corrected chi connectivity index (χ4v) is 5.19. The lowest BCUT2D eigenvalue weighted by Crippen LogP contribution is -2.55. The first-order valence-electron chi connectivity index (χ1n) is 12.3. The van der Waals surface area contributed by atoms with Crippen LogP contribution in [0.25, 0.3) is 22.3 Å². The zero-order valence-corrected chi connectivity index (χ0v) is 20.6. The van der Waals surface area contributed by atoms with Crippen molar-refractivity contribution in [1.29, 1.82) is 0 Å². The van der Waals surface area contributed by atoms with E-state index in [9.17, 15) is 55.9 Å². The smallest absolute Gasteiger partial charge is 0.197 e. The third kappa shape index (κ3) is 4.39. The van der Waals surface area contributed by atoms with Crippen molar-refractivity contribution < 1.29 is 65.0 Å². The zero-order chi connectivity index (χ0) is 29.0. The Morgan fingerprint density at radius 2 is 1.20 bits per heavy atom. The monoisotopic (exact) mass is 564 g/mol. The van der Waals surface area contributed by atoms with Crippen molar-refractivity contribution >= 4 is 11.0 Å². The third-order valence-corrected chi connectivity index (χ3v) is 7.35. The van der Waals surface area contributed by atoms with Crippen LogP contribution in [0.15, 0.2) is 39.5 Å². The number of aliphatic hydroxyl groups is 7. The van der Waals surface area contributed by atoms with Crippen LogP contribution < -0.4 is 5.43 Å². The van der Waals surface area contributed by atoms with Gasteiger partial charge in [-0.05, 0) is 24.3 Å². The number of fused-ring (bicyclic) bond motifs is 1. The van der Waals surface area contributed by atoms with Gasteiger partial charge in [0.25, 0.3) is 0 Å². The number of aliphatic hydroxyl groups excluding tert-OH is 7. The highest BCUT2D eigenvalue weighted by molar-refractivity contribution is 5.92. The standard InChI is InChI=1S/C26H28O14/c27-6-12-17(31)21(35)23(37)26(40-12)16-20(34)15(25-22(36)18(32)13(7-28)39-25)19(33)14-10(30)5-11(38-24(14)16)8-1-3-9(29)4-2-8/h1-5,12-13,17-18,21-23,25-29,31-37H,6-7H2/t12-,13+,17-,18+,21+,22+,23+,25+,26+/m1/s1. The van der Waals surface area contributed by atoms with Crippen LogP contribution in [-0.2, 0) is 9.47 Å². The van der Waals surface area contributed by atoms with Crippen molar-refractivity contribution in [1.82, 2.24) is 0 Å². The molecule has 0 aliphatic carbocycles. The van der Waals surface area contributed by atoms with E-state index in [1.165, 1.54) is 24.3 Å². The van der Waals surface area contributed by atoms with Gasteiger partial charge in [-0.15, -0.1) is 0 Å². The molecular weight excluding hydrogens is 536 g/mol. The van der Waals surface area contributed by atoms with Crippen LogP contribution in [0, 0.1) is 0 Å². The quantitative estimate of drug-likeness (QED) is 0.165. The molecule has 9 atom stereocenters. The van der Waals surface area contributed by atoms with Crippen LogP contribution in [0.1, 0.15) is 23.3 Å². The molecule has 0 radical (unpaired) electrons. The summed E-state index contributed by atoms with van der Waals surface area (Å²) >= 11 is 0. The van der Waals surface area contributed by atoms with Gasteiger partial charge in [0.15, 0.2) is 11.0 Å². The zero-order valence-electron chi connectivity index (χ0n) is 20.6. The van der Waals surface area contributed by atoms with Gasteiger partial charge in [-0.2, -0.15) is 0 Å². The normalized spacial score (nSPS) is 32.5. The third-order valence-electron chi connectivity index (χ3n) is 7.35. The number of aromatic hydroxyl groups is 3. The van der Waals surface area contributed by atoms with E-state index in [1.807, 2.05) is 0 Å². The lowest BCUT2D eigenvalue weighted by molar-refractivity contribution is -0.231. The van der Waals surface area contributed by atoms with Crippen LogP contribution >= 0.6 is 0 Å². The number of hydrogen-bond acceptors (Lipinski definition) is 14. The summed E-state index contributed by atoms with van der Waals surface area (Å²) in [5.41, 5.74) is -2.18. The van der Waals surface area contributed by atoms with Crippen LogP contribution in [-0.4, -0.2) is 107 Å². The second-order valence-electron chi connectivity index (χ2n) is 9.76. The Morgan fingerprint density at radius 1 is 0.675 bits per heavy atom. The molecule has 0 spiro atoms. The van der Waals surface area contributed by atoms with E-state index >= 15 is 0 Å². The Labute approximate surface area is 224 Å². The lowest BCUT2D eigenvalue weighted by Gasteiger charge is -2.40. The minimum Gasteiger partial charge on any atom is -0.508 e. The average Bonchev–Trinajstić information content (AvgIpc) is 3.21. The van der Waals surface area contributed by atoms with Gasteiger partial charge in [0.2, 0.25) is 0 Å². The Kier molecular flexibility index (Phi) is 7.47. The van der Waals surface area contributed by atoms with E-state index < -0.39 is 107 Å². The van der Waals surface area contributed by atoms with Crippen molar-refractivity contribution in [3.8, 4) is 28.6 Å². The largest absolute Gasteiger partial charge is 0.508 e. The lowest BCUT2D eigenvalue weighted by atomic mass is 9.87. The van der Waals surface area contributed by atoms with Gasteiger partial charge in [-0.1, -0.05) is 0 Å². The number of benzene rings is 2. The van der Waals surface area contributed by atoms with E-state index in [1.54, 1.807) is 0 Å². The molecule has 1 aromatic heterocycles. The molecule has 2 saturated heterocycles. The van der Waals surface area contributed by atoms with Crippen LogP contribution in [0.4, 0.5) is 0 Å². The minimum absolute atomic E-state index is 0.0766. The summed E-state index contributed by atoms with van der Waals surface area (Å²) in [6.45, 7) is -1.55. The summed E-state index contributed by atoms with van der Waals surface area (Å²) < 4.78 is 17.0.